The van der Waals surface area contributed by atoms with Crippen LogP contribution in [0.4, 0.5) is 0 Å². The SMILES string of the molecule is O=C1[C@@H]2[C@H](C(=O)N1/N=C/c1ccc(O)c(Br)c1)[C@@H]1C=C[C@@H]2CC1. The van der Waals surface area contributed by atoms with Crippen LogP contribution in [0.1, 0.15) is 18.4 Å². The van der Waals surface area contributed by atoms with Crippen molar-refractivity contribution in [2.75, 3.05) is 0 Å². The van der Waals surface area contributed by atoms with Gasteiger partial charge >= 0.3 is 0 Å². The lowest BCUT2D eigenvalue weighted by atomic mass is 9.63. The third-order valence-corrected chi connectivity index (χ3v) is 5.67. The fourth-order valence-electron chi connectivity index (χ4n) is 3.90. The van der Waals surface area contributed by atoms with Gasteiger partial charge in [0.05, 0.1) is 22.5 Å². The molecule has 1 aliphatic heterocycles. The van der Waals surface area contributed by atoms with E-state index in [1.807, 2.05) is 0 Å². The molecule has 1 aromatic carbocycles. The molecule has 0 aromatic heterocycles. The molecule has 0 spiro atoms. The molecule has 23 heavy (non-hydrogen) atoms. The minimum absolute atomic E-state index is 0.129. The number of benzene rings is 1. The number of halogens is 1. The first-order chi connectivity index (χ1) is 11.1. The van der Waals surface area contributed by atoms with Gasteiger partial charge in [0.15, 0.2) is 0 Å². The van der Waals surface area contributed by atoms with Gasteiger partial charge in [0.2, 0.25) is 0 Å². The Bertz CT molecular complexity index is 726. The Balaban J connectivity index is 1.60. The summed E-state index contributed by atoms with van der Waals surface area (Å²) in [5, 5.41) is 14.7. The summed E-state index contributed by atoms with van der Waals surface area (Å²) in [4.78, 5) is 25.2. The van der Waals surface area contributed by atoms with Gasteiger partial charge in [-0.25, -0.2) is 0 Å². The van der Waals surface area contributed by atoms with Crippen molar-refractivity contribution < 1.29 is 14.7 Å². The van der Waals surface area contributed by atoms with Crippen LogP contribution >= 0.6 is 15.9 Å². The molecule has 1 heterocycles. The van der Waals surface area contributed by atoms with E-state index in [1.54, 1.807) is 12.1 Å². The number of imide groups is 1. The highest BCUT2D eigenvalue weighted by molar-refractivity contribution is 9.10. The molecule has 5 rings (SSSR count). The number of rotatable bonds is 2. The van der Waals surface area contributed by atoms with E-state index >= 15 is 0 Å². The first-order valence-corrected chi connectivity index (χ1v) is 8.44. The second kappa shape index (κ2) is 5.30. The Morgan fingerprint density at radius 3 is 2.26 bits per heavy atom. The number of fused-ring (bicyclic) bond motifs is 1. The van der Waals surface area contributed by atoms with E-state index in [0.29, 0.717) is 10.0 Å². The van der Waals surface area contributed by atoms with Gasteiger partial charge in [-0.15, -0.1) is 0 Å². The molecule has 5 nitrogen and oxygen atoms in total. The number of allylic oxidation sites excluding steroid dienone is 2. The van der Waals surface area contributed by atoms with Crippen molar-refractivity contribution in [3.8, 4) is 5.75 Å². The van der Waals surface area contributed by atoms with E-state index in [4.69, 9.17) is 0 Å². The molecule has 1 aromatic rings. The molecule has 4 aliphatic rings. The zero-order chi connectivity index (χ0) is 16.1. The molecule has 118 valence electrons. The van der Waals surface area contributed by atoms with Crippen LogP contribution in [0.5, 0.6) is 5.75 Å². The van der Waals surface area contributed by atoms with Gasteiger partial charge in [-0.3, -0.25) is 9.59 Å². The van der Waals surface area contributed by atoms with Crippen LogP contribution in [0.3, 0.4) is 0 Å². The van der Waals surface area contributed by atoms with Crippen LogP contribution in [0.25, 0.3) is 0 Å². The molecule has 2 bridgehead atoms. The van der Waals surface area contributed by atoms with Crippen LogP contribution in [0.15, 0.2) is 39.9 Å². The second-order valence-electron chi connectivity index (χ2n) is 6.29. The van der Waals surface area contributed by atoms with Crippen molar-refractivity contribution in [1.82, 2.24) is 5.01 Å². The monoisotopic (exact) mass is 374 g/mol. The van der Waals surface area contributed by atoms with Crippen LogP contribution in [-0.2, 0) is 9.59 Å². The second-order valence-corrected chi connectivity index (χ2v) is 7.14. The number of aromatic hydroxyl groups is 1. The number of hydrazone groups is 1. The zero-order valence-electron chi connectivity index (χ0n) is 12.2. The van der Waals surface area contributed by atoms with Gasteiger partial charge in [0, 0.05) is 0 Å². The molecule has 6 heteroatoms. The maximum atomic E-state index is 12.6. The Morgan fingerprint density at radius 2 is 1.74 bits per heavy atom. The number of phenols is 1. The summed E-state index contributed by atoms with van der Waals surface area (Å²) in [5.74, 6) is -0.385. The fraction of sp³-hybridized carbons (Fsp3) is 0.353. The highest BCUT2D eigenvalue weighted by atomic mass is 79.9. The van der Waals surface area contributed by atoms with Crippen LogP contribution in [0, 0.1) is 23.7 Å². The van der Waals surface area contributed by atoms with Gasteiger partial charge < -0.3 is 5.11 Å². The Kier molecular flexibility index (Phi) is 3.37. The third kappa shape index (κ3) is 2.24. The molecule has 2 amide bonds. The Hall–Kier alpha value is -1.95. The summed E-state index contributed by atoms with van der Waals surface area (Å²) in [6.07, 6.45) is 7.61. The predicted molar refractivity (Wildman–Crippen MR) is 87.6 cm³/mol. The van der Waals surface area contributed by atoms with Crippen molar-refractivity contribution in [2.24, 2.45) is 28.8 Å². The molecule has 0 unspecified atom stereocenters. The molecule has 1 saturated heterocycles. The lowest BCUT2D eigenvalue weighted by Crippen LogP contribution is -2.38. The lowest BCUT2D eigenvalue weighted by molar-refractivity contribution is -0.140. The van der Waals surface area contributed by atoms with E-state index in [2.05, 4.69) is 33.2 Å². The minimum Gasteiger partial charge on any atom is -0.507 e. The summed E-state index contributed by atoms with van der Waals surface area (Å²) in [7, 11) is 0. The summed E-state index contributed by atoms with van der Waals surface area (Å²) in [5.41, 5.74) is 0.700. The first kappa shape index (κ1) is 14.6. The van der Waals surface area contributed by atoms with Crippen LogP contribution < -0.4 is 0 Å². The quantitative estimate of drug-likeness (QED) is 0.491. The zero-order valence-corrected chi connectivity index (χ0v) is 13.8. The first-order valence-electron chi connectivity index (χ1n) is 7.65. The summed E-state index contributed by atoms with van der Waals surface area (Å²) in [6.45, 7) is 0. The number of carbonyl (C=O) groups excluding carboxylic acids is 2. The Labute approximate surface area is 141 Å². The van der Waals surface area contributed by atoms with Crippen LogP contribution in [-0.4, -0.2) is 28.1 Å². The molecule has 0 radical (unpaired) electrons. The van der Waals surface area contributed by atoms with E-state index in [1.165, 1.54) is 12.3 Å². The van der Waals surface area contributed by atoms with E-state index in [9.17, 15) is 14.7 Å². The summed E-state index contributed by atoms with van der Waals surface area (Å²) >= 11 is 3.23. The highest BCUT2D eigenvalue weighted by Crippen LogP contribution is 2.49. The van der Waals surface area contributed by atoms with Crippen molar-refractivity contribution in [3.05, 3.63) is 40.4 Å². The normalized spacial score (nSPS) is 32.1. The number of carbonyl (C=O) groups is 2. The van der Waals surface area contributed by atoms with Crippen molar-refractivity contribution in [1.29, 1.82) is 0 Å². The van der Waals surface area contributed by atoms with Crippen LogP contribution in [0.2, 0.25) is 0 Å². The van der Waals surface area contributed by atoms with Gasteiger partial charge in [0.25, 0.3) is 11.8 Å². The van der Waals surface area contributed by atoms with Crippen molar-refractivity contribution >= 4 is 34.0 Å². The van der Waals surface area contributed by atoms with Gasteiger partial charge in [-0.1, -0.05) is 12.2 Å². The summed E-state index contributed by atoms with van der Waals surface area (Å²) < 4.78 is 0.538. The lowest BCUT2D eigenvalue weighted by Gasteiger charge is -2.37. The maximum absolute atomic E-state index is 12.6. The highest BCUT2D eigenvalue weighted by Gasteiger charge is 2.56. The van der Waals surface area contributed by atoms with Crippen molar-refractivity contribution in [2.45, 2.75) is 12.8 Å². The number of amides is 2. The minimum atomic E-state index is -0.241. The average Bonchev–Trinajstić information content (AvgIpc) is 2.83. The molecule has 4 atom stereocenters. The predicted octanol–water partition coefficient (Wildman–Crippen LogP) is 2.69. The molecule has 3 aliphatic carbocycles. The number of hydrogen-bond acceptors (Lipinski definition) is 4. The fourth-order valence-corrected chi connectivity index (χ4v) is 4.30. The maximum Gasteiger partial charge on any atom is 0.254 e. The van der Waals surface area contributed by atoms with Gasteiger partial charge in [-0.05, 0) is 64.4 Å². The molecule has 1 N–H and O–H groups in total. The van der Waals surface area contributed by atoms with Gasteiger partial charge in [-0.2, -0.15) is 10.1 Å². The molecule has 1 saturated carbocycles. The molecular weight excluding hydrogens is 360 g/mol. The van der Waals surface area contributed by atoms with E-state index in [0.717, 1.165) is 17.9 Å². The number of hydrogen-bond donors (Lipinski definition) is 1. The molecule has 2 fully saturated rings. The van der Waals surface area contributed by atoms with Gasteiger partial charge in [0.1, 0.15) is 5.75 Å². The average molecular weight is 375 g/mol. The standard InChI is InChI=1S/C17H15BrN2O3/c18-12-7-9(1-6-13(12)21)8-19-20-16(22)14-10-2-3-11(5-4-10)15(14)17(20)23/h1-3,6-8,10-11,14-15,21H,4-5H2/b19-8+/t10-,11-,14-,15+/m1/s1. The third-order valence-electron chi connectivity index (χ3n) is 5.03. The largest absolute Gasteiger partial charge is 0.507 e. The Morgan fingerprint density at radius 1 is 1.13 bits per heavy atom. The number of phenolic OH excluding ortho intramolecular Hbond substituents is 1. The smallest absolute Gasteiger partial charge is 0.254 e. The van der Waals surface area contributed by atoms with E-state index < -0.39 is 0 Å². The van der Waals surface area contributed by atoms with E-state index in [-0.39, 0.29) is 41.2 Å². The topological polar surface area (TPSA) is 70.0 Å². The van der Waals surface area contributed by atoms with Crippen molar-refractivity contribution in [3.63, 3.8) is 0 Å². The molecular formula is C17H15BrN2O3. The summed E-state index contributed by atoms with van der Waals surface area (Å²) in [6, 6.07) is 4.89. The number of nitrogens with zero attached hydrogens (tertiary/aromatic N) is 2.